The van der Waals surface area contributed by atoms with Crippen molar-refractivity contribution in [1.82, 2.24) is 18.7 Å². The summed E-state index contributed by atoms with van der Waals surface area (Å²) in [6, 6.07) is -0.383. The van der Waals surface area contributed by atoms with Crippen LogP contribution < -0.4 is 17.0 Å². The van der Waals surface area contributed by atoms with E-state index in [-0.39, 0.29) is 29.9 Å². The van der Waals surface area contributed by atoms with Gasteiger partial charge in [-0.25, -0.2) is 9.78 Å². The van der Waals surface area contributed by atoms with Crippen molar-refractivity contribution in [3.8, 4) is 0 Å². The molecule has 0 saturated carbocycles. The van der Waals surface area contributed by atoms with Gasteiger partial charge in [0.1, 0.15) is 5.82 Å². The van der Waals surface area contributed by atoms with Crippen LogP contribution in [0.25, 0.3) is 11.2 Å². The largest absolute Gasteiger partial charge is 0.333 e. The molecule has 0 spiro atoms. The Morgan fingerprint density at radius 1 is 1.14 bits per heavy atom. The number of hydrogen-bond acceptors (Lipinski definition) is 4. The van der Waals surface area contributed by atoms with Crippen LogP contribution in [0, 0.1) is 0 Å². The van der Waals surface area contributed by atoms with Crippen molar-refractivity contribution in [2.45, 2.75) is 52.6 Å². The van der Waals surface area contributed by atoms with Crippen LogP contribution in [0.15, 0.2) is 9.59 Å². The molecule has 2 atom stereocenters. The van der Waals surface area contributed by atoms with Gasteiger partial charge in [0.2, 0.25) is 0 Å². The van der Waals surface area contributed by atoms with Gasteiger partial charge in [-0.05, 0) is 20.3 Å². The smallest absolute Gasteiger partial charge is 0.328 e. The Bertz CT molecular complexity index is 799. The van der Waals surface area contributed by atoms with E-state index < -0.39 is 0 Å². The molecule has 0 aromatic carbocycles. The maximum Gasteiger partial charge on any atom is 0.333 e. The van der Waals surface area contributed by atoms with Crippen LogP contribution in [0.1, 0.15) is 52.0 Å². The van der Waals surface area contributed by atoms with Gasteiger partial charge in [-0.15, -0.1) is 0 Å². The highest BCUT2D eigenvalue weighted by Gasteiger charge is 2.23. The van der Waals surface area contributed by atoms with E-state index in [4.69, 9.17) is 5.73 Å². The molecule has 2 aromatic heterocycles. The minimum Gasteiger partial charge on any atom is -0.328 e. The van der Waals surface area contributed by atoms with Crippen molar-refractivity contribution >= 4 is 11.2 Å². The number of hydrogen-bond donors (Lipinski definition) is 1. The SMILES string of the molecule is CCc1nc2c(c(=O)n(C(C)CN)c(=O)n2C(C)CC)n1C. The minimum absolute atomic E-state index is 0.0357. The number of imidazole rings is 1. The monoisotopic (exact) mass is 307 g/mol. The second-order valence-electron chi connectivity index (χ2n) is 5.78. The lowest BCUT2D eigenvalue weighted by molar-refractivity contribution is 0.448. The summed E-state index contributed by atoms with van der Waals surface area (Å²) in [5.41, 5.74) is 5.99. The molecule has 122 valence electrons. The van der Waals surface area contributed by atoms with Crippen LogP contribution in [0.2, 0.25) is 0 Å². The van der Waals surface area contributed by atoms with Gasteiger partial charge in [-0.1, -0.05) is 13.8 Å². The molecule has 0 bridgehead atoms. The van der Waals surface area contributed by atoms with Crippen molar-refractivity contribution in [3.63, 3.8) is 0 Å². The van der Waals surface area contributed by atoms with Gasteiger partial charge in [0.25, 0.3) is 5.56 Å². The number of nitrogens with two attached hydrogens (primary N) is 1. The Morgan fingerprint density at radius 2 is 1.77 bits per heavy atom. The van der Waals surface area contributed by atoms with E-state index in [0.717, 1.165) is 12.2 Å². The molecule has 0 saturated heterocycles. The molecule has 0 aliphatic carbocycles. The third kappa shape index (κ3) is 2.29. The van der Waals surface area contributed by atoms with E-state index in [2.05, 4.69) is 4.98 Å². The molecule has 0 amide bonds. The first-order valence-corrected chi connectivity index (χ1v) is 7.81. The Hall–Kier alpha value is -1.89. The molecule has 0 fully saturated rings. The predicted octanol–water partition coefficient (Wildman–Crippen LogP) is 0.950. The molecule has 0 radical (unpaired) electrons. The van der Waals surface area contributed by atoms with Crippen molar-refractivity contribution in [1.29, 1.82) is 0 Å². The Balaban J connectivity index is 3.03. The highest BCUT2D eigenvalue weighted by Crippen LogP contribution is 2.17. The van der Waals surface area contributed by atoms with Crippen LogP contribution in [0.4, 0.5) is 0 Å². The van der Waals surface area contributed by atoms with Crippen LogP contribution in [0.3, 0.4) is 0 Å². The molecule has 0 aliphatic heterocycles. The number of fused-ring (bicyclic) bond motifs is 1. The molecule has 2 N–H and O–H groups in total. The van der Waals surface area contributed by atoms with Gasteiger partial charge in [-0.2, -0.15) is 0 Å². The fourth-order valence-corrected chi connectivity index (χ4v) is 2.73. The lowest BCUT2D eigenvalue weighted by Gasteiger charge is -2.19. The standard InChI is InChI=1S/C15H25N5O2/c1-6-9(3)19-13-12(18(5)11(7-2)17-13)14(21)20(15(19)22)10(4)8-16/h9-10H,6-8,16H2,1-5H3. The van der Waals surface area contributed by atoms with E-state index in [0.29, 0.717) is 17.6 Å². The zero-order valence-corrected chi connectivity index (χ0v) is 14.0. The molecule has 0 aliphatic rings. The van der Waals surface area contributed by atoms with Crippen LogP contribution in [0.5, 0.6) is 0 Å². The molecular weight excluding hydrogens is 282 g/mol. The summed E-state index contributed by atoms with van der Waals surface area (Å²) < 4.78 is 4.67. The first-order valence-electron chi connectivity index (χ1n) is 7.81. The summed E-state index contributed by atoms with van der Waals surface area (Å²) in [6.45, 7) is 7.97. The van der Waals surface area contributed by atoms with E-state index in [1.807, 2.05) is 27.8 Å². The highest BCUT2D eigenvalue weighted by atomic mass is 16.2. The summed E-state index contributed by atoms with van der Waals surface area (Å²) in [5, 5.41) is 0. The molecule has 2 unspecified atom stereocenters. The zero-order chi connectivity index (χ0) is 16.6. The lowest BCUT2D eigenvalue weighted by atomic mass is 10.2. The second-order valence-corrected chi connectivity index (χ2v) is 5.78. The number of rotatable bonds is 5. The summed E-state index contributed by atoms with van der Waals surface area (Å²) in [6.07, 6.45) is 1.48. The molecule has 2 aromatic rings. The van der Waals surface area contributed by atoms with Crippen molar-refractivity contribution in [2.75, 3.05) is 6.54 Å². The first-order chi connectivity index (χ1) is 10.4. The van der Waals surface area contributed by atoms with Gasteiger partial charge in [0.05, 0.1) is 6.04 Å². The number of aromatic nitrogens is 4. The molecule has 7 heteroatoms. The van der Waals surface area contributed by atoms with Gasteiger partial charge < -0.3 is 10.3 Å². The van der Waals surface area contributed by atoms with Gasteiger partial charge in [-0.3, -0.25) is 13.9 Å². The molecule has 7 nitrogen and oxygen atoms in total. The Labute approximate surface area is 129 Å². The van der Waals surface area contributed by atoms with Crippen molar-refractivity contribution in [3.05, 3.63) is 26.7 Å². The van der Waals surface area contributed by atoms with Gasteiger partial charge >= 0.3 is 5.69 Å². The highest BCUT2D eigenvalue weighted by molar-refractivity contribution is 5.71. The zero-order valence-electron chi connectivity index (χ0n) is 14.0. The first kappa shape index (κ1) is 16.5. The summed E-state index contributed by atoms with van der Waals surface area (Å²) in [7, 11) is 1.82. The van der Waals surface area contributed by atoms with E-state index in [1.54, 1.807) is 16.1 Å². The Morgan fingerprint density at radius 3 is 2.27 bits per heavy atom. The summed E-state index contributed by atoms with van der Waals surface area (Å²) in [5.74, 6) is 0.793. The van der Waals surface area contributed by atoms with Gasteiger partial charge in [0, 0.05) is 26.1 Å². The summed E-state index contributed by atoms with van der Waals surface area (Å²) >= 11 is 0. The lowest BCUT2D eigenvalue weighted by Crippen LogP contribution is -2.44. The Kier molecular flexibility index (Phi) is 4.55. The predicted molar refractivity (Wildman–Crippen MR) is 87.4 cm³/mol. The van der Waals surface area contributed by atoms with Crippen LogP contribution in [-0.2, 0) is 13.5 Å². The quantitative estimate of drug-likeness (QED) is 0.891. The molecule has 2 heterocycles. The third-order valence-corrected chi connectivity index (χ3v) is 4.36. The average Bonchev–Trinajstić information content (AvgIpc) is 2.83. The van der Waals surface area contributed by atoms with Gasteiger partial charge in [0.15, 0.2) is 11.2 Å². The van der Waals surface area contributed by atoms with E-state index in [9.17, 15) is 9.59 Å². The maximum atomic E-state index is 12.8. The summed E-state index contributed by atoms with van der Waals surface area (Å²) in [4.78, 5) is 30.2. The van der Waals surface area contributed by atoms with Crippen molar-refractivity contribution < 1.29 is 0 Å². The van der Waals surface area contributed by atoms with Crippen LogP contribution in [-0.4, -0.2) is 25.2 Å². The molecular formula is C15H25N5O2. The normalized spacial score (nSPS) is 14.5. The van der Waals surface area contributed by atoms with Crippen molar-refractivity contribution in [2.24, 2.45) is 12.8 Å². The third-order valence-electron chi connectivity index (χ3n) is 4.36. The average molecular weight is 307 g/mol. The van der Waals surface area contributed by atoms with E-state index >= 15 is 0 Å². The van der Waals surface area contributed by atoms with E-state index in [1.165, 1.54) is 4.57 Å². The number of aryl methyl sites for hydroxylation is 2. The molecule has 2 rings (SSSR count). The maximum absolute atomic E-state index is 12.8. The minimum atomic E-state index is -0.348. The molecule has 22 heavy (non-hydrogen) atoms. The second kappa shape index (κ2) is 6.08. The fourth-order valence-electron chi connectivity index (χ4n) is 2.73. The topological polar surface area (TPSA) is 87.8 Å². The number of nitrogens with zero attached hydrogens (tertiary/aromatic N) is 4. The van der Waals surface area contributed by atoms with Crippen LogP contribution >= 0.6 is 0 Å². The fraction of sp³-hybridized carbons (Fsp3) is 0.667.